The summed E-state index contributed by atoms with van der Waals surface area (Å²) in [5.74, 6) is -0.306. The summed E-state index contributed by atoms with van der Waals surface area (Å²) in [5, 5.41) is 6.67. The van der Waals surface area contributed by atoms with Gasteiger partial charge in [-0.3, -0.25) is 4.90 Å². The summed E-state index contributed by atoms with van der Waals surface area (Å²) in [6.45, 7) is 8.46. The van der Waals surface area contributed by atoms with Crippen molar-refractivity contribution in [2.45, 2.75) is 18.9 Å². The minimum absolute atomic E-state index is 0.0796. The first kappa shape index (κ1) is 21.8. The van der Waals surface area contributed by atoms with Gasteiger partial charge in [-0.2, -0.15) is 4.98 Å². The third-order valence-electron chi connectivity index (χ3n) is 7.42. The molecule has 5 rings (SSSR count). The molecule has 0 aliphatic carbocycles. The van der Waals surface area contributed by atoms with Gasteiger partial charge in [0.15, 0.2) is 5.82 Å². The molecule has 0 radical (unpaired) electrons. The van der Waals surface area contributed by atoms with Crippen LogP contribution in [0.5, 0.6) is 5.75 Å². The molecule has 2 aliphatic heterocycles. The van der Waals surface area contributed by atoms with Crippen LogP contribution >= 0.6 is 18.7 Å². The van der Waals surface area contributed by atoms with Gasteiger partial charge in [-0.05, 0) is 57.4 Å². The molecule has 214 valence electrons. The van der Waals surface area contributed by atoms with Gasteiger partial charge in [0.05, 0.1) is 32.8 Å². The van der Waals surface area contributed by atoms with Crippen molar-refractivity contribution in [1.29, 1.82) is 0 Å². The number of nitrogens with one attached hydrogen (secondary N) is 2. The Labute approximate surface area is 250 Å². The average molecular weight is 590 g/mol. The highest BCUT2D eigenvalue weighted by molar-refractivity contribution is 7.70. The summed E-state index contributed by atoms with van der Waals surface area (Å²) in [6, 6.07) is 6.56. The Balaban J connectivity index is 1.45. The van der Waals surface area contributed by atoms with Crippen LogP contribution in [-0.2, 0) is 4.57 Å². The summed E-state index contributed by atoms with van der Waals surface area (Å²) >= 11 is 6.40. The first-order valence-corrected chi connectivity index (χ1v) is 16.3. The van der Waals surface area contributed by atoms with E-state index in [2.05, 4.69) is 37.4 Å². The fraction of sp³-hybridized carbons (Fsp3) is 0.448. The lowest BCUT2D eigenvalue weighted by atomic mass is 10.0. The molecule has 11 heteroatoms. The molecule has 9 nitrogen and oxygen atoms in total. The van der Waals surface area contributed by atoms with E-state index in [4.69, 9.17) is 24.6 Å². The third-order valence-corrected chi connectivity index (χ3v) is 9.25. The largest absolute Gasteiger partial charge is 0.494 e. The molecular formula is C29H39ClN7O2P. The molecule has 2 aliphatic rings. The van der Waals surface area contributed by atoms with Crippen LogP contribution < -0.4 is 25.6 Å². The van der Waals surface area contributed by atoms with Gasteiger partial charge in [-0.15, -0.1) is 0 Å². The highest BCUT2D eigenvalue weighted by atomic mass is 35.5. The lowest BCUT2D eigenvalue weighted by Crippen LogP contribution is -2.52. The first-order valence-electron chi connectivity index (χ1n) is 16.3. The molecule has 0 unspecified atom stereocenters. The number of piperidine rings is 1. The number of likely N-dealkylation sites (N-methyl/N-ethyl adjacent to an activating group) is 1. The molecule has 40 heavy (non-hydrogen) atoms. The van der Waals surface area contributed by atoms with E-state index in [9.17, 15) is 4.57 Å². The van der Waals surface area contributed by atoms with Crippen LogP contribution in [0.15, 0.2) is 48.6 Å². The van der Waals surface area contributed by atoms with Gasteiger partial charge in [-0.1, -0.05) is 23.7 Å². The van der Waals surface area contributed by atoms with Crippen LogP contribution in [0, 0.1) is 0 Å². The quantitative estimate of drug-likeness (QED) is 0.349. The molecule has 0 saturated carbocycles. The zero-order chi connectivity index (χ0) is 33.4. The highest BCUT2D eigenvalue weighted by Crippen LogP contribution is 2.39. The lowest BCUT2D eigenvalue weighted by molar-refractivity contribution is 0.0982. The Kier molecular flexibility index (Phi) is 6.75. The standard InChI is InChI=1S/C29H39ClN7O2P/c1-35-15-17-37(18-16-35)21-11-13-36(14-12-21)22-9-10-24(26(19-22)39-2)33-29-31-20-23(30)28(34-29)32-25-7-5-6-8-27(25)40(3,4)38/h5-10,19-21H,11-18H2,1-4H3,(H2,31,32,33,34)/i2D3,9D,10D,19D. The normalized spacial score (nSPS) is 20.1. The minimum atomic E-state index is -2.93. The molecule has 2 N–H and O–H groups in total. The van der Waals surface area contributed by atoms with E-state index < -0.39 is 19.9 Å². The van der Waals surface area contributed by atoms with Crippen molar-refractivity contribution in [3.8, 4) is 5.75 Å². The topological polar surface area (TPSA) is 85.9 Å². The summed E-state index contributed by atoms with van der Waals surface area (Å²) in [7, 11) is -3.47. The molecule has 0 spiro atoms. The Morgan fingerprint density at radius 1 is 1.07 bits per heavy atom. The molecule has 3 aromatic rings. The van der Waals surface area contributed by atoms with Crippen molar-refractivity contribution in [2.75, 3.05) is 82.2 Å². The number of halogens is 1. The number of hydrogen-bond acceptors (Lipinski definition) is 9. The van der Waals surface area contributed by atoms with Gasteiger partial charge in [-0.25, -0.2) is 4.98 Å². The number of anilines is 5. The van der Waals surface area contributed by atoms with Gasteiger partial charge in [0.2, 0.25) is 5.95 Å². The molecule has 0 bridgehead atoms. The number of ether oxygens (including phenoxy) is 1. The summed E-state index contributed by atoms with van der Waals surface area (Å²) in [6.07, 6.45) is 2.97. The van der Waals surface area contributed by atoms with Gasteiger partial charge < -0.3 is 29.7 Å². The SMILES string of the molecule is [2H]c1c([2H])c(N2CCC(N3CCN(C)CC3)CC2)c([2H])c(OC([2H])([2H])[2H])c1Nc1ncc(Cl)c(Nc2ccccc2P(C)(C)=O)n1. The van der Waals surface area contributed by atoms with Crippen LogP contribution in [0.25, 0.3) is 0 Å². The number of methoxy groups -OCH3 is 1. The Morgan fingerprint density at radius 3 is 2.55 bits per heavy atom. The van der Waals surface area contributed by atoms with Crippen LogP contribution in [0.1, 0.15) is 21.1 Å². The zero-order valence-electron chi connectivity index (χ0n) is 29.0. The number of nitrogens with zero attached hydrogens (tertiary/aromatic N) is 5. The highest BCUT2D eigenvalue weighted by Gasteiger charge is 2.27. The van der Waals surface area contributed by atoms with Crippen molar-refractivity contribution < 1.29 is 17.5 Å². The summed E-state index contributed by atoms with van der Waals surface area (Å²) in [5.41, 5.74) is 0.478. The van der Waals surface area contributed by atoms with E-state index in [1.807, 2.05) is 4.90 Å². The maximum absolute atomic E-state index is 12.9. The smallest absolute Gasteiger partial charge is 0.229 e. The minimum Gasteiger partial charge on any atom is -0.494 e. The molecule has 0 atom stereocenters. The third kappa shape index (κ3) is 6.72. The molecule has 1 aromatic heterocycles. The van der Waals surface area contributed by atoms with E-state index in [1.165, 1.54) is 6.20 Å². The lowest BCUT2D eigenvalue weighted by Gasteiger charge is -2.42. The fourth-order valence-electron chi connectivity index (χ4n) is 5.15. The maximum atomic E-state index is 12.9. The average Bonchev–Trinajstić information content (AvgIpc) is 2.99. The van der Waals surface area contributed by atoms with Crippen molar-refractivity contribution in [2.24, 2.45) is 0 Å². The van der Waals surface area contributed by atoms with Crippen molar-refractivity contribution >= 4 is 52.9 Å². The second kappa shape index (κ2) is 12.4. The number of benzene rings is 2. The fourth-order valence-corrected chi connectivity index (χ4v) is 6.44. The molecule has 0 amide bonds. The van der Waals surface area contributed by atoms with E-state index in [0.29, 0.717) is 30.1 Å². The number of piperazine rings is 1. The maximum Gasteiger partial charge on any atom is 0.229 e. The molecule has 3 heterocycles. The molecule has 2 saturated heterocycles. The number of hydrogen-bond donors (Lipinski definition) is 2. The second-order valence-electron chi connectivity index (χ2n) is 10.6. The van der Waals surface area contributed by atoms with Gasteiger partial charge >= 0.3 is 0 Å². The monoisotopic (exact) mass is 589 g/mol. The Hall–Kier alpha value is -2.84. The predicted octanol–water partition coefficient (Wildman–Crippen LogP) is 5.09. The first-order chi connectivity index (χ1) is 21.6. The second-order valence-corrected chi connectivity index (χ2v) is 14.2. The van der Waals surface area contributed by atoms with E-state index in [0.717, 1.165) is 39.0 Å². The number of rotatable bonds is 8. The Bertz CT molecular complexity index is 1630. The number of aromatic nitrogens is 2. The zero-order valence-corrected chi connectivity index (χ0v) is 24.6. The molecular weight excluding hydrogens is 545 g/mol. The van der Waals surface area contributed by atoms with Gasteiger partial charge in [0, 0.05) is 62.3 Å². The summed E-state index contributed by atoms with van der Waals surface area (Å²) < 4.78 is 68.3. The van der Waals surface area contributed by atoms with E-state index in [-0.39, 0.29) is 46.3 Å². The number of para-hydroxylation sites is 1. The Morgan fingerprint density at radius 2 is 1.82 bits per heavy atom. The van der Waals surface area contributed by atoms with Crippen LogP contribution in [-0.4, -0.2) is 92.5 Å². The van der Waals surface area contributed by atoms with Crippen LogP contribution in [0.3, 0.4) is 0 Å². The van der Waals surface area contributed by atoms with Crippen LogP contribution in [0.4, 0.5) is 28.8 Å². The van der Waals surface area contributed by atoms with Crippen molar-refractivity contribution in [3.05, 3.63) is 53.6 Å². The van der Waals surface area contributed by atoms with Crippen LogP contribution in [0.2, 0.25) is 5.02 Å². The van der Waals surface area contributed by atoms with Gasteiger partial charge in [0.1, 0.15) is 17.9 Å². The van der Waals surface area contributed by atoms with E-state index >= 15 is 0 Å². The van der Waals surface area contributed by atoms with E-state index in [1.54, 1.807) is 37.6 Å². The summed E-state index contributed by atoms with van der Waals surface area (Å²) in [4.78, 5) is 15.3. The van der Waals surface area contributed by atoms with Crippen molar-refractivity contribution in [1.82, 2.24) is 19.8 Å². The van der Waals surface area contributed by atoms with Gasteiger partial charge in [0.25, 0.3) is 0 Å². The molecule has 2 fully saturated rings. The predicted molar refractivity (Wildman–Crippen MR) is 166 cm³/mol. The molecule has 2 aromatic carbocycles. The van der Waals surface area contributed by atoms with Crippen molar-refractivity contribution in [3.63, 3.8) is 0 Å².